The number of ether oxygens (including phenoxy) is 1. The average Bonchev–Trinajstić information content (AvgIpc) is 3.42. The number of urea groups is 1. The van der Waals surface area contributed by atoms with Gasteiger partial charge in [-0.2, -0.15) is 4.31 Å². The topological polar surface area (TPSA) is 198 Å². The molecular weight excluding hydrogens is 540 g/mol. The number of nitrogens with zero attached hydrogens (tertiary/aromatic N) is 5. The lowest BCUT2D eigenvalue weighted by Crippen LogP contribution is -2.43. The third kappa shape index (κ3) is 6.67. The maximum atomic E-state index is 12.5. The minimum atomic E-state index is -3.69. The van der Waals surface area contributed by atoms with E-state index in [0.29, 0.717) is 23.3 Å². The molecule has 1 aliphatic rings. The predicted molar refractivity (Wildman–Crippen MR) is 149 cm³/mol. The number of fused-ring (bicyclic) bond motifs is 1. The molecular formula is C25H36N8O6S. The summed E-state index contributed by atoms with van der Waals surface area (Å²) in [6, 6.07) is 7.16. The van der Waals surface area contributed by atoms with Crippen LogP contribution in [0.2, 0.25) is 0 Å². The Labute approximate surface area is 232 Å². The van der Waals surface area contributed by atoms with Crippen molar-refractivity contribution in [3.63, 3.8) is 0 Å². The van der Waals surface area contributed by atoms with Gasteiger partial charge in [0.15, 0.2) is 17.7 Å². The molecule has 0 aliphatic carbocycles. The Balaban J connectivity index is 1.31. The largest absolute Gasteiger partial charge is 0.387 e. The number of hydrogen-bond donors (Lipinski definition) is 5. The maximum absolute atomic E-state index is 12.5. The Morgan fingerprint density at radius 1 is 1.15 bits per heavy atom. The normalized spacial score (nSPS) is 21.7. The SMILES string of the molecule is CC(C)(C)c1ccc(NC(=O)NCCCN(C[C@H]2OC(n3cnc4c(N)ncnc43)[C@H](O)[C@@H]2O)S(C)(=O)=O)cc1. The van der Waals surface area contributed by atoms with Gasteiger partial charge in [-0.1, -0.05) is 32.9 Å². The second-order valence-electron chi connectivity index (χ2n) is 10.8. The van der Waals surface area contributed by atoms with Crippen LogP contribution in [-0.4, -0.2) is 92.7 Å². The minimum Gasteiger partial charge on any atom is -0.387 e. The van der Waals surface area contributed by atoms with Crippen LogP contribution in [-0.2, 0) is 20.2 Å². The first-order valence-corrected chi connectivity index (χ1v) is 14.7. The van der Waals surface area contributed by atoms with Gasteiger partial charge in [0.05, 0.1) is 12.6 Å². The first-order chi connectivity index (χ1) is 18.8. The maximum Gasteiger partial charge on any atom is 0.319 e. The van der Waals surface area contributed by atoms with E-state index in [9.17, 15) is 23.4 Å². The second kappa shape index (κ2) is 11.6. The van der Waals surface area contributed by atoms with Crippen molar-refractivity contribution in [3.8, 4) is 0 Å². The van der Waals surface area contributed by atoms with Crippen LogP contribution in [0.1, 0.15) is 39.0 Å². The number of aliphatic hydroxyl groups is 2. The van der Waals surface area contributed by atoms with Crippen LogP contribution in [0.3, 0.4) is 0 Å². The lowest BCUT2D eigenvalue weighted by atomic mass is 9.87. The molecule has 2 amide bonds. The molecule has 14 nitrogen and oxygen atoms in total. The zero-order valence-corrected chi connectivity index (χ0v) is 23.7. The number of imidazole rings is 1. The number of carbonyl (C=O) groups is 1. The third-order valence-electron chi connectivity index (χ3n) is 6.73. The summed E-state index contributed by atoms with van der Waals surface area (Å²) in [5.41, 5.74) is 8.23. The highest BCUT2D eigenvalue weighted by Gasteiger charge is 2.45. The number of nitrogens with two attached hydrogens (primary N) is 1. The molecule has 40 heavy (non-hydrogen) atoms. The monoisotopic (exact) mass is 576 g/mol. The number of anilines is 2. The van der Waals surface area contributed by atoms with Crippen molar-refractivity contribution < 1.29 is 28.2 Å². The Kier molecular flexibility index (Phi) is 8.60. The number of sulfonamides is 1. The molecule has 1 aliphatic heterocycles. The summed E-state index contributed by atoms with van der Waals surface area (Å²) in [5.74, 6) is 0.150. The molecule has 3 heterocycles. The average molecular weight is 577 g/mol. The van der Waals surface area contributed by atoms with E-state index in [0.717, 1.165) is 16.1 Å². The van der Waals surface area contributed by atoms with Crippen molar-refractivity contribution in [1.29, 1.82) is 0 Å². The molecule has 4 atom stereocenters. The minimum absolute atomic E-state index is 0.00218. The highest BCUT2D eigenvalue weighted by atomic mass is 32.2. The Morgan fingerprint density at radius 3 is 2.50 bits per heavy atom. The van der Waals surface area contributed by atoms with E-state index >= 15 is 0 Å². The highest BCUT2D eigenvalue weighted by molar-refractivity contribution is 7.88. The molecule has 0 bridgehead atoms. The summed E-state index contributed by atoms with van der Waals surface area (Å²) >= 11 is 0. The fraction of sp³-hybridized carbons (Fsp3) is 0.520. The number of hydrogen-bond acceptors (Lipinski definition) is 10. The molecule has 6 N–H and O–H groups in total. The molecule has 1 fully saturated rings. The number of nitrogens with one attached hydrogen (secondary N) is 2. The molecule has 1 unspecified atom stereocenters. The van der Waals surface area contributed by atoms with Gasteiger partial charge in [0.25, 0.3) is 0 Å². The summed E-state index contributed by atoms with van der Waals surface area (Å²) in [4.78, 5) is 24.4. The van der Waals surface area contributed by atoms with E-state index in [2.05, 4.69) is 46.4 Å². The lowest BCUT2D eigenvalue weighted by Gasteiger charge is -2.24. The van der Waals surface area contributed by atoms with E-state index in [4.69, 9.17) is 10.5 Å². The molecule has 1 saturated heterocycles. The molecule has 3 aromatic rings. The highest BCUT2D eigenvalue weighted by Crippen LogP contribution is 2.32. The van der Waals surface area contributed by atoms with Crippen LogP contribution in [0.25, 0.3) is 11.2 Å². The molecule has 4 rings (SSSR count). The Bertz CT molecular complexity index is 1440. The fourth-order valence-electron chi connectivity index (χ4n) is 4.45. The molecule has 1 aromatic carbocycles. The molecule has 0 saturated carbocycles. The fourth-order valence-corrected chi connectivity index (χ4v) is 5.32. The summed E-state index contributed by atoms with van der Waals surface area (Å²) < 4.78 is 33.4. The summed E-state index contributed by atoms with van der Waals surface area (Å²) in [6.07, 6.45) is -0.881. The van der Waals surface area contributed by atoms with Gasteiger partial charge in [-0.15, -0.1) is 0 Å². The van der Waals surface area contributed by atoms with Crippen molar-refractivity contribution in [2.75, 3.05) is 36.9 Å². The zero-order valence-electron chi connectivity index (χ0n) is 22.9. The van der Waals surface area contributed by atoms with Gasteiger partial charge < -0.3 is 31.3 Å². The first-order valence-electron chi connectivity index (χ1n) is 12.8. The van der Waals surface area contributed by atoms with Crippen molar-refractivity contribution in [3.05, 3.63) is 42.5 Å². The van der Waals surface area contributed by atoms with E-state index in [1.54, 1.807) is 0 Å². The van der Waals surface area contributed by atoms with E-state index < -0.39 is 40.6 Å². The van der Waals surface area contributed by atoms with Crippen LogP contribution >= 0.6 is 0 Å². The quantitative estimate of drug-likeness (QED) is 0.227. The number of carbonyl (C=O) groups excluding carboxylic acids is 1. The van der Waals surface area contributed by atoms with E-state index in [1.807, 2.05) is 24.3 Å². The third-order valence-corrected chi connectivity index (χ3v) is 8.00. The smallest absolute Gasteiger partial charge is 0.319 e. The molecule has 2 aromatic heterocycles. The number of nitrogen functional groups attached to an aromatic ring is 1. The first kappa shape index (κ1) is 29.6. The van der Waals surface area contributed by atoms with Gasteiger partial charge in [-0.25, -0.2) is 28.2 Å². The number of benzene rings is 1. The second-order valence-corrected chi connectivity index (χ2v) is 12.8. The van der Waals surface area contributed by atoms with Crippen molar-refractivity contribution in [2.24, 2.45) is 0 Å². The van der Waals surface area contributed by atoms with Gasteiger partial charge in [0.1, 0.15) is 30.2 Å². The number of aromatic nitrogens is 4. The van der Waals surface area contributed by atoms with Crippen LogP contribution in [0.4, 0.5) is 16.3 Å². The van der Waals surface area contributed by atoms with Crippen LogP contribution in [0.15, 0.2) is 36.9 Å². The number of amides is 2. The van der Waals surface area contributed by atoms with Gasteiger partial charge >= 0.3 is 6.03 Å². The van der Waals surface area contributed by atoms with Crippen LogP contribution in [0.5, 0.6) is 0 Å². The van der Waals surface area contributed by atoms with Gasteiger partial charge in [0, 0.05) is 25.3 Å². The predicted octanol–water partition coefficient (Wildman–Crippen LogP) is 0.799. The van der Waals surface area contributed by atoms with Crippen LogP contribution in [0, 0.1) is 0 Å². The molecule has 0 radical (unpaired) electrons. The zero-order chi connectivity index (χ0) is 29.2. The summed E-state index contributed by atoms with van der Waals surface area (Å²) in [5, 5.41) is 26.8. The molecule has 0 spiro atoms. The molecule has 15 heteroatoms. The van der Waals surface area contributed by atoms with Crippen molar-refractivity contribution in [1.82, 2.24) is 29.1 Å². The Hall–Kier alpha value is -3.37. The van der Waals surface area contributed by atoms with Crippen LogP contribution < -0.4 is 16.4 Å². The Morgan fingerprint density at radius 2 is 1.85 bits per heavy atom. The van der Waals surface area contributed by atoms with Gasteiger partial charge in [-0.3, -0.25) is 4.57 Å². The summed E-state index contributed by atoms with van der Waals surface area (Å²) in [6.45, 7) is 6.38. The van der Waals surface area contributed by atoms with E-state index in [1.165, 1.54) is 17.2 Å². The summed E-state index contributed by atoms with van der Waals surface area (Å²) in [7, 11) is -3.69. The van der Waals surface area contributed by atoms with Crippen molar-refractivity contribution >= 4 is 38.7 Å². The van der Waals surface area contributed by atoms with Crippen molar-refractivity contribution in [2.45, 2.75) is 57.1 Å². The van der Waals surface area contributed by atoms with Gasteiger partial charge in [-0.05, 0) is 29.5 Å². The lowest BCUT2D eigenvalue weighted by molar-refractivity contribution is -0.0386. The standard InChI is InChI=1S/C25H36N8O6S/c1-25(2,3)15-6-8-16(9-7-15)31-24(36)27-10-5-11-32(40(4,37)38)12-17-19(34)20(35)23(39-17)33-14-30-18-21(26)28-13-29-22(18)33/h6-9,13-14,17,19-20,23,34-35H,5,10-12H2,1-4H3,(H2,26,28,29)(H2,27,31,36)/t17-,19-,20-,23?/m1/s1. The van der Waals surface area contributed by atoms with Gasteiger partial charge in [0.2, 0.25) is 10.0 Å². The number of aliphatic hydroxyl groups excluding tert-OH is 2. The van der Waals surface area contributed by atoms with E-state index in [-0.39, 0.29) is 30.9 Å². The number of rotatable bonds is 9. The molecule has 218 valence electrons.